The van der Waals surface area contributed by atoms with E-state index >= 15 is 0 Å². The molecule has 0 radical (unpaired) electrons. The van der Waals surface area contributed by atoms with Gasteiger partial charge in [-0.1, -0.05) is 0 Å². The average molecular weight is 458 g/mol. The summed E-state index contributed by atoms with van der Waals surface area (Å²) in [6.07, 6.45) is 3.68. The van der Waals surface area contributed by atoms with Crippen molar-refractivity contribution in [1.82, 2.24) is 5.32 Å². The van der Waals surface area contributed by atoms with Crippen molar-refractivity contribution in [2.24, 2.45) is 0 Å². The topological polar surface area (TPSA) is 92.3 Å². The van der Waals surface area contributed by atoms with Gasteiger partial charge in [0.2, 0.25) is 0 Å². The lowest BCUT2D eigenvalue weighted by Crippen LogP contribution is -2.35. The molecule has 8 nitrogen and oxygen atoms in total. The van der Waals surface area contributed by atoms with Crippen LogP contribution in [0.2, 0.25) is 0 Å². The Morgan fingerprint density at radius 3 is 2.45 bits per heavy atom. The molecule has 2 heterocycles. The van der Waals surface area contributed by atoms with Gasteiger partial charge in [-0.05, 0) is 38.7 Å². The van der Waals surface area contributed by atoms with Crippen molar-refractivity contribution in [3.63, 3.8) is 0 Å². The number of dihydropyridines is 1. The Morgan fingerprint density at radius 2 is 1.79 bits per heavy atom. The van der Waals surface area contributed by atoms with Gasteiger partial charge in [-0.3, -0.25) is 4.79 Å². The van der Waals surface area contributed by atoms with E-state index in [4.69, 9.17) is 23.7 Å². The Labute approximate surface area is 193 Å². The van der Waals surface area contributed by atoms with Gasteiger partial charge in [0.05, 0.1) is 38.9 Å². The lowest BCUT2D eigenvalue weighted by atomic mass is 9.75. The Morgan fingerprint density at radius 1 is 1.06 bits per heavy atom. The number of ketones is 1. The van der Waals surface area contributed by atoms with Crippen molar-refractivity contribution < 1.29 is 33.3 Å². The Balaban J connectivity index is 1.80. The predicted molar refractivity (Wildman–Crippen MR) is 120 cm³/mol. The number of nitrogens with one attached hydrogen (secondary N) is 1. The molecule has 8 heteroatoms. The maximum Gasteiger partial charge on any atom is 0.336 e. The number of allylic oxidation sites excluding steroid dienone is 3. The van der Waals surface area contributed by atoms with E-state index in [9.17, 15) is 9.59 Å². The van der Waals surface area contributed by atoms with Crippen LogP contribution in [0.1, 0.15) is 50.5 Å². The lowest BCUT2D eigenvalue weighted by molar-refractivity contribution is -0.142. The molecule has 1 aromatic rings. The van der Waals surface area contributed by atoms with Gasteiger partial charge in [-0.25, -0.2) is 4.79 Å². The van der Waals surface area contributed by atoms with Crippen LogP contribution in [0.5, 0.6) is 17.2 Å². The van der Waals surface area contributed by atoms with Gasteiger partial charge >= 0.3 is 5.97 Å². The highest BCUT2D eigenvalue weighted by molar-refractivity contribution is 6.04. The van der Waals surface area contributed by atoms with Crippen LogP contribution < -0.4 is 19.5 Å². The van der Waals surface area contributed by atoms with E-state index in [1.54, 1.807) is 33.5 Å². The normalized spacial score (nSPS) is 22.6. The minimum atomic E-state index is -0.638. The minimum absolute atomic E-state index is 0.0162. The molecule has 0 unspecified atom stereocenters. The summed E-state index contributed by atoms with van der Waals surface area (Å²) in [5.74, 6) is 0.397. The molecule has 0 spiro atoms. The molecule has 1 saturated heterocycles. The molecule has 2 aliphatic heterocycles. The molecule has 0 bridgehead atoms. The van der Waals surface area contributed by atoms with Crippen LogP contribution >= 0.6 is 0 Å². The van der Waals surface area contributed by atoms with Gasteiger partial charge in [0.1, 0.15) is 12.4 Å². The van der Waals surface area contributed by atoms with E-state index < -0.39 is 11.9 Å². The third kappa shape index (κ3) is 4.44. The van der Waals surface area contributed by atoms with E-state index in [2.05, 4.69) is 5.32 Å². The zero-order valence-corrected chi connectivity index (χ0v) is 19.6. The van der Waals surface area contributed by atoms with Crippen molar-refractivity contribution in [3.05, 3.63) is 40.2 Å². The van der Waals surface area contributed by atoms with E-state index in [-0.39, 0.29) is 18.5 Å². The molecule has 0 saturated carbocycles. The molecule has 4 rings (SSSR count). The van der Waals surface area contributed by atoms with Crippen molar-refractivity contribution in [2.75, 3.05) is 34.5 Å². The van der Waals surface area contributed by atoms with E-state index in [0.29, 0.717) is 52.7 Å². The van der Waals surface area contributed by atoms with Gasteiger partial charge < -0.3 is 29.0 Å². The first-order valence-corrected chi connectivity index (χ1v) is 11.3. The third-order valence-electron chi connectivity index (χ3n) is 6.47. The standard InChI is InChI=1S/C25H31NO7/c1-14-22(25(28)33-13-15-7-6-10-32-15)23(24-17(26-14)8-5-9-18(24)27)16-11-20(30-3)21(31-4)12-19(16)29-2/h11-12,15,23,26H,5-10,13H2,1-4H3/t15-,23+/m1/s1. The summed E-state index contributed by atoms with van der Waals surface area (Å²) >= 11 is 0. The van der Waals surface area contributed by atoms with Crippen LogP contribution in [0.25, 0.3) is 0 Å². The van der Waals surface area contributed by atoms with Gasteiger partial charge in [-0.15, -0.1) is 0 Å². The number of hydrogen-bond acceptors (Lipinski definition) is 8. The number of benzene rings is 1. The molecule has 0 amide bonds. The van der Waals surface area contributed by atoms with E-state index in [1.165, 1.54) is 0 Å². The first-order chi connectivity index (χ1) is 16.0. The highest BCUT2D eigenvalue weighted by atomic mass is 16.6. The van der Waals surface area contributed by atoms with E-state index in [1.807, 2.05) is 6.92 Å². The number of Topliss-reactive ketones (excluding diaryl/α,β-unsaturated/α-hetero) is 1. The molecule has 1 aliphatic carbocycles. The fourth-order valence-electron chi connectivity index (χ4n) is 4.87. The molecule has 178 valence electrons. The quantitative estimate of drug-likeness (QED) is 0.623. The first kappa shape index (κ1) is 23.2. The number of ether oxygens (including phenoxy) is 5. The summed E-state index contributed by atoms with van der Waals surface area (Å²) < 4.78 is 27.9. The second-order valence-electron chi connectivity index (χ2n) is 8.45. The molecular formula is C25H31NO7. The maximum absolute atomic E-state index is 13.4. The average Bonchev–Trinajstić information content (AvgIpc) is 3.34. The highest BCUT2D eigenvalue weighted by Crippen LogP contribution is 2.48. The molecule has 2 atom stereocenters. The second kappa shape index (κ2) is 9.87. The van der Waals surface area contributed by atoms with Gasteiger partial charge in [0.25, 0.3) is 0 Å². The summed E-state index contributed by atoms with van der Waals surface area (Å²) in [7, 11) is 4.64. The third-order valence-corrected chi connectivity index (χ3v) is 6.47. The predicted octanol–water partition coefficient (Wildman–Crippen LogP) is 3.40. The molecule has 1 N–H and O–H groups in total. The number of methoxy groups -OCH3 is 3. The first-order valence-electron chi connectivity index (χ1n) is 11.3. The van der Waals surface area contributed by atoms with Crippen LogP contribution in [0.3, 0.4) is 0 Å². The Kier molecular flexibility index (Phi) is 6.93. The zero-order chi connectivity index (χ0) is 23.5. The lowest BCUT2D eigenvalue weighted by Gasteiger charge is -2.35. The Bertz CT molecular complexity index is 1000. The molecule has 0 aromatic heterocycles. The summed E-state index contributed by atoms with van der Waals surface area (Å²) in [6, 6.07) is 3.50. The number of esters is 1. The summed E-state index contributed by atoms with van der Waals surface area (Å²) in [5.41, 5.74) is 3.15. The largest absolute Gasteiger partial charge is 0.496 e. The summed E-state index contributed by atoms with van der Waals surface area (Å²) in [4.78, 5) is 26.5. The molecule has 3 aliphatic rings. The van der Waals surface area contributed by atoms with Crippen molar-refractivity contribution in [1.29, 1.82) is 0 Å². The zero-order valence-electron chi connectivity index (χ0n) is 19.6. The Hall–Kier alpha value is -3.00. The van der Waals surface area contributed by atoms with Crippen LogP contribution in [0, 0.1) is 0 Å². The minimum Gasteiger partial charge on any atom is -0.496 e. The van der Waals surface area contributed by atoms with Crippen LogP contribution in [-0.2, 0) is 19.1 Å². The number of hydrogen-bond donors (Lipinski definition) is 1. The molecule has 1 aromatic carbocycles. The number of rotatable bonds is 7. The highest BCUT2D eigenvalue weighted by Gasteiger charge is 2.41. The van der Waals surface area contributed by atoms with E-state index in [0.717, 1.165) is 31.4 Å². The van der Waals surface area contributed by atoms with Crippen molar-refractivity contribution in [3.8, 4) is 17.2 Å². The van der Waals surface area contributed by atoms with Crippen LogP contribution in [-0.4, -0.2) is 52.4 Å². The molecular weight excluding hydrogens is 426 g/mol. The number of carbonyl (C=O) groups excluding carboxylic acids is 2. The van der Waals surface area contributed by atoms with Gasteiger partial charge in [0, 0.05) is 41.6 Å². The second-order valence-corrected chi connectivity index (χ2v) is 8.45. The number of carbonyl (C=O) groups is 2. The SMILES string of the molecule is COc1cc(OC)c([C@H]2C(C(=O)OC[C@H]3CCCO3)=C(C)NC3=C2C(=O)CCC3)cc1OC. The van der Waals surface area contributed by atoms with Crippen molar-refractivity contribution in [2.45, 2.75) is 51.0 Å². The maximum atomic E-state index is 13.4. The fourth-order valence-corrected chi connectivity index (χ4v) is 4.87. The van der Waals surface area contributed by atoms with Crippen molar-refractivity contribution >= 4 is 11.8 Å². The fraction of sp³-hybridized carbons (Fsp3) is 0.520. The molecule has 1 fully saturated rings. The van der Waals surface area contributed by atoms with Crippen LogP contribution in [0.4, 0.5) is 0 Å². The monoisotopic (exact) mass is 457 g/mol. The summed E-state index contributed by atoms with van der Waals surface area (Å²) in [5, 5.41) is 3.31. The van der Waals surface area contributed by atoms with Gasteiger partial charge in [-0.2, -0.15) is 0 Å². The molecule has 33 heavy (non-hydrogen) atoms. The van der Waals surface area contributed by atoms with Gasteiger partial charge in [0.15, 0.2) is 17.3 Å². The smallest absolute Gasteiger partial charge is 0.336 e. The van der Waals surface area contributed by atoms with Crippen LogP contribution in [0.15, 0.2) is 34.7 Å². The summed E-state index contributed by atoms with van der Waals surface area (Å²) in [6.45, 7) is 2.71.